The summed E-state index contributed by atoms with van der Waals surface area (Å²) >= 11 is 0. The summed E-state index contributed by atoms with van der Waals surface area (Å²) in [6, 6.07) is -0.000718. The maximum atomic E-state index is 10.5. The largest absolute Gasteiger partial charge is 0.465 e. The molecule has 0 aromatic heterocycles. The van der Waals surface area contributed by atoms with Gasteiger partial charge in [0.25, 0.3) is 0 Å². The van der Waals surface area contributed by atoms with Crippen molar-refractivity contribution in [3.63, 3.8) is 0 Å². The summed E-state index contributed by atoms with van der Waals surface area (Å²) in [5, 5.41) is 11.2. The van der Waals surface area contributed by atoms with Crippen LogP contribution in [-0.2, 0) is 4.43 Å². The second-order valence-corrected chi connectivity index (χ2v) is 9.22. The van der Waals surface area contributed by atoms with Crippen LogP contribution in [0.25, 0.3) is 0 Å². The fourth-order valence-corrected chi connectivity index (χ4v) is 3.04. The Morgan fingerprint density at radius 3 is 2.57 bits per heavy atom. The molecule has 1 saturated carbocycles. The van der Waals surface area contributed by atoms with Crippen LogP contribution in [0.2, 0.25) is 19.6 Å². The van der Waals surface area contributed by atoms with Gasteiger partial charge in [0.15, 0.2) is 8.32 Å². The molecule has 4 nitrogen and oxygen atoms in total. The van der Waals surface area contributed by atoms with Crippen LogP contribution >= 0.6 is 0 Å². The Balaban J connectivity index is 2.47. The zero-order valence-electron chi connectivity index (χ0n) is 9.04. The molecule has 1 amide bonds. The lowest BCUT2D eigenvalue weighted by atomic mass is 10.2. The summed E-state index contributed by atoms with van der Waals surface area (Å²) in [6.45, 7) is 6.38. The lowest BCUT2D eigenvalue weighted by molar-refractivity contribution is 0.150. The molecular formula is C9H19NO3Si. The summed E-state index contributed by atoms with van der Waals surface area (Å²) < 4.78 is 5.93. The van der Waals surface area contributed by atoms with Crippen LogP contribution in [0.15, 0.2) is 0 Å². The summed E-state index contributed by atoms with van der Waals surface area (Å²) in [6.07, 6.45) is 2.09. The highest BCUT2D eigenvalue weighted by Crippen LogP contribution is 2.25. The molecule has 0 saturated heterocycles. The number of rotatable bonds is 3. The molecule has 0 aromatic rings. The van der Waals surface area contributed by atoms with Gasteiger partial charge in [-0.3, -0.25) is 0 Å². The average Bonchev–Trinajstić information content (AvgIpc) is 2.32. The smallest absolute Gasteiger partial charge is 0.404 e. The minimum absolute atomic E-state index is 0.000718. The van der Waals surface area contributed by atoms with E-state index in [4.69, 9.17) is 9.53 Å². The van der Waals surface area contributed by atoms with Gasteiger partial charge in [-0.05, 0) is 38.9 Å². The first-order valence-electron chi connectivity index (χ1n) is 5.06. The Morgan fingerprint density at radius 2 is 2.07 bits per heavy atom. The number of hydrogen-bond acceptors (Lipinski definition) is 2. The van der Waals surface area contributed by atoms with Gasteiger partial charge in [-0.2, -0.15) is 0 Å². The molecule has 5 heteroatoms. The summed E-state index contributed by atoms with van der Waals surface area (Å²) in [5.41, 5.74) is 0. The molecule has 0 spiro atoms. The third-order valence-electron chi connectivity index (χ3n) is 2.27. The van der Waals surface area contributed by atoms with Crippen molar-refractivity contribution >= 4 is 14.4 Å². The lowest BCUT2D eigenvalue weighted by Gasteiger charge is -2.27. The van der Waals surface area contributed by atoms with Crippen molar-refractivity contribution in [3.05, 3.63) is 0 Å². The van der Waals surface area contributed by atoms with E-state index in [0.29, 0.717) is 0 Å². The van der Waals surface area contributed by atoms with Gasteiger partial charge in [0.05, 0.1) is 12.1 Å². The number of carbonyl (C=O) groups is 1. The number of nitrogens with one attached hydrogen (secondary N) is 1. The predicted octanol–water partition coefficient (Wildman–Crippen LogP) is 2.03. The van der Waals surface area contributed by atoms with Crippen molar-refractivity contribution in [2.45, 2.75) is 51.0 Å². The predicted molar refractivity (Wildman–Crippen MR) is 57.0 cm³/mol. The fraction of sp³-hybridized carbons (Fsp3) is 0.889. The van der Waals surface area contributed by atoms with E-state index in [-0.39, 0.29) is 12.1 Å². The first-order chi connectivity index (χ1) is 6.38. The number of carboxylic acid groups (broad SMARTS) is 1. The van der Waals surface area contributed by atoms with E-state index >= 15 is 0 Å². The molecule has 2 N–H and O–H groups in total. The van der Waals surface area contributed by atoms with Gasteiger partial charge in [0.2, 0.25) is 0 Å². The van der Waals surface area contributed by atoms with Gasteiger partial charge in [-0.25, -0.2) is 4.79 Å². The van der Waals surface area contributed by atoms with E-state index in [2.05, 4.69) is 25.0 Å². The summed E-state index contributed by atoms with van der Waals surface area (Å²) in [4.78, 5) is 10.5. The molecule has 0 bridgehead atoms. The minimum Gasteiger partial charge on any atom is -0.465 e. The normalized spacial score (nSPS) is 27.6. The Labute approximate surface area is 85.8 Å². The van der Waals surface area contributed by atoms with Crippen molar-refractivity contribution in [2.24, 2.45) is 0 Å². The van der Waals surface area contributed by atoms with Crippen molar-refractivity contribution < 1.29 is 14.3 Å². The molecule has 1 rings (SSSR count). The van der Waals surface area contributed by atoms with Crippen molar-refractivity contribution in [1.29, 1.82) is 0 Å². The molecule has 0 heterocycles. The first-order valence-corrected chi connectivity index (χ1v) is 8.46. The highest BCUT2D eigenvalue weighted by atomic mass is 28.4. The molecule has 82 valence electrons. The van der Waals surface area contributed by atoms with E-state index in [9.17, 15) is 4.79 Å². The van der Waals surface area contributed by atoms with Crippen molar-refractivity contribution in [3.8, 4) is 0 Å². The van der Waals surface area contributed by atoms with E-state index in [1.807, 2.05) is 0 Å². The maximum Gasteiger partial charge on any atom is 0.404 e. The molecule has 1 fully saturated rings. The van der Waals surface area contributed by atoms with Crippen molar-refractivity contribution in [1.82, 2.24) is 5.32 Å². The van der Waals surface area contributed by atoms with E-state index in [1.54, 1.807) is 0 Å². The molecular weight excluding hydrogens is 198 g/mol. The van der Waals surface area contributed by atoms with Crippen LogP contribution in [0.3, 0.4) is 0 Å². The molecule has 0 unspecified atom stereocenters. The van der Waals surface area contributed by atoms with Gasteiger partial charge in [0.1, 0.15) is 0 Å². The quantitative estimate of drug-likeness (QED) is 0.711. The summed E-state index contributed by atoms with van der Waals surface area (Å²) in [5.74, 6) is 0. The van der Waals surface area contributed by atoms with Crippen LogP contribution in [0.1, 0.15) is 19.3 Å². The molecule has 0 aliphatic heterocycles. The van der Waals surface area contributed by atoms with Gasteiger partial charge in [0, 0.05) is 0 Å². The zero-order valence-corrected chi connectivity index (χ0v) is 10.0. The molecule has 2 atom stereocenters. The van der Waals surface area contributed by atoms with Gasteiger partial charge >= 0.3 is 6.09 Å². The highest BCUT2D eigenvalue weighted by Gasteiger charge is 2.32. The number of amides is 1. The third kappa shape index (κ3) is 3.67. The van der Waals surface area contributed by atoms with Crippen LogP contribution < -0.4 is 5.32 Å². The fourth-order valence-electron chi connectivity index (χ4n) is 1.84. The molecule has 1 aliphatic carbocycles. The number of hydrogen-bond donors (Lipinski definition) is 2. The van der Waals surface area contributed by atoms with E-state index < -0.39 is 14.4 Å². The Morgan fingerprint density at radius 1 is 1.43 bits per heavy atom. The second kappa shape index (κ2) is 4.31. The Hall–Kier alpha value is -0.553. The standard InChI is InChI=1S/C9H19NO3Si/c1-14(2,3)13-8-6-4-5-7(8)10-9(11)12/h7-8,10H,4-6H2,1-3H3,(H,11,12)/t7-,8-/m0/s1. The summed E-state index contributed by atoms with van der Waals surface area (Å²) in [7, 11) is -1.55. The maximum absolute atomic E-state index is 10.5. The third-order valence-corrected chi connectivity index (χ3v) is 3.28. The van der Waals surface area contributed by atoms with Crippen LogP contribution in [-0.4, -0.2) is 31.7 Å². The molecule has 0 aromatic carbocycles. The average molecular weight is 217 g/mol. The van der Waals surface area contributed by atoms with Gasteiger partial charge in [-0.1, -0.05) is 0 Å². The molecule has 14 heavy (non-hydrogen) atoms. The monoisotopic (exact) mass is 217 g/mol. The van der Waals surface area contributed by atoms with E-state index in [0.717, 1.165) is 19.3 Å². The SMILES string of the molecule is C[Si](C)(C)O[C@H]1CCC[C@@H]1NC(=O)O. The Bertz CT molecular complexity index is 215. The van der Waals surface area contributed by atoms with Crippen LogP contribution in [0.5, 0.6) is 0 Å². The van der Waals surface area contributed by atoms with Crippen molar-refractivity contribution in [2.75, 3.05) is 0 Å². The van der Waals surface area contributed by atoms with Gasteiger partial charge < -0.3 is 14.8 Å². The van der Waals surface area contributed by atoms with Crippen LogP contribution in [0, 0.1) is 0 Å². The van der Waals surface area contributed by atoms with Gasteiger partial charge in [-0.15, -0.1) is 0 Å². The molecule has 1 aliphatic rings. The van der Waals surface area contributed by atoms with E-state index in [1.165, 1.54) is 0 Å². The highest BCUT2D eigenvalue weighted by molar-refractivity contribution is 6.69. The van der Waals surface area contributed by atoms with Crippen LogP contribution in [0.4, 0.5) is 4.79 Å². The Kier molecular flexibility index (Phi) is 3.55. The minimum atomic E-state index is -1.55. The lowest BCUT2D eigenvalue weighted by Crippen LogP contribution is -2.44. The second-order valence-electron chi connectivity index (χ2n) is 4.76. The molecule has 0 radical (unpaired) electrons. The zero-order chi connectivity index (χ0) is 10.8. The first kappa shape index (κ1) is 11.5. The topological polar surface area (TPSA) is 58.6 Å².